The largest absolute Gasteiger partial charge is 0.383 e. The van der Waals surface area contributed by atoms with Crippen molar-refractivity contribution in [2.45, 2.75) is 56.0 Å². The van der Waals surface area contributed by atoms with Gasteiger partial charge in [-0.05, 0) is 30.5 Å². The third-order valence-corrected chi connectivity index (χ3v) is 5.95. The Bertz CT molecular complexity index is 672. The van der Waals surface area contributed by atoms with Gasteiger partial charge < -0.3 is 15.8 Å². The van der Waals surface area contributed by atoms with Crippen LogP contribution >= 0.6 is 24.0 Å². The predicted molar refractivity (Wildman–Crippen MR) is 119 cm³/mol. The standard InChI is InChI=1S/C18H30N4O3S.HI/c1-25-13-12-21-26(23,24)17-10-8-15(9-11-17)14-20-18(19)22-16-6-4-2-3-5-7-16;/h8-11,16,21H,2-7,12-14H2,1H3,(H3,19,20,22);1H. The maximum Gasteiger partial charge on any atom is 0.240 e. The molecule has 7 nitrogen and oxygen atoms in total. The number of nitrogens with zero attached hydrogens (tertiary/aromatic N) is 1. The van der Waals surface area contributed by atoms with E-state index in [0.717, 1.165) is 18.4 Å². The van der Waals surface area contributed by atoms with Crippen LogP contribution in [0.1, 0.15) is 44.1 Å². The molecular weight excluding hydrogens is 479 g/mol. The van der Waals surface area contributed by atoms with E-state index in [1.807, 2.05) is 0 Å². The highest BCUT2D eigenvalue weighted by Crippen LogP contribution is 2.17. The first-order valence-corrected chi connectivity index (χ1v) is 10.6. The number of ether oxygens (including phenoxy) is 1. The number of guanidine groups is 1. The van der Waals surface area contributed by atoms with Crippen LogP contribution < -0.4 is 15.8 Å². The Kier molecular flexibility index (Phi) is 11.2. The van der Waals surface area contributed by atoms with Gasteiger partial charge in [0.05, 0.1) is 18.0 Å². The lowest BCUT2D eigenvalue weighted by Crippen LogP contribution is -2.39. The highest BCUT2D eigenvalue weighted by Gasteiger charge is 2.13. The van der Waals surface area contributed by atoms with Crippen LogP contribution in [0.3, 0.4) is 0 Å². The molecule has 0 atom stereocenters. The van der Waals surface area contributed by atoms with Gasteiger partial charge in [0.2, 0.25) is 10.0 Å². The fourth-order valence-corrected chi connectivity index (χ4v) is 4.00. The first-order chi connectivity index (χ1) is 12.5. The fraction of sp³-hybridized carbons (Fsp3) is 0.611. The van der Waals surface area contributed by atoms with Gasteiger partial charge in [-0.1, -0.05) is 37.8 Å². The van der Waals surface area contributed by atoms with Crippen LogP contribution in [0, 0.1) is 0 Å². The van der Waals surface area contributed by atoms with Crippen molar-refractivity contribution in [3.63, 3.8) is 0 Å². The Balaban J connectivity index is 0.00000364. The molecule has 0 radical (unpaired) electrons. The van der Waals surface area contributed by atoms with E-state index in [2.05, 4.69) is 15.0 Å². The summed E-state index contributed by atoms with van der Waals surface area (Å²) in [6, 6.07) is 7.08. The Hall–Kier alpha value is -0.910. The number of sulfonamides is 1. The molecule has 0 spiro atoms. The minimum absolute atomic E-state index is 0. The van der Waals surface area contributed by atoms with E-state index in [1.54, 1.807) is 24.3 Å². The highest BCUT2D eigenvalue weighted by molar-refractivity contribution is 14.0. The molecule has 1 aliphatic carbocycles. The van der Waals surface area contributed by atoms with Crippen molar-refractivity contribution in [2.24, 2.45) is 10.7 Å². The molecular formula is C18H31IN4O3S. The number of benzene rings is 1. The van der Waals surface area contributed by atoms with Crippen LogP contribution in [0.2, 0.25) is 0 Å². The van der Waals surface area contributed by atoms with Crippen LogP contribution in [-0.2, 0) is 21.3 Å². The van der Waals surface area contributed by atoms with E-state index in [9.17, 15) is 8.42 Å². The van der Waals surface area contributed by atoms with E-state index in [0.29, 0.717) is 25.2 Å². The van der Waals surface area contributed by atoms with Crippen LogP contribution in [0.25, 0.3) is 0 Å². The molecule has 1 aromatic rings. The van der Waals surface area contributed by atoms with E-state index in [4.69, 9.17) is 10.5 Å². The summed E-state index contributed by atoms with van der Waals surface area (Å²) in [4.78, 5) is 4.60. The number of aliphatic imine (C=N–C) groups is 1. The van der Waals surface area contributed by atoms with Gasteiger partial charge in [0, 0.05) is 19.7 Å². The number of hydrogen-bond acceptors (Lipinski definition) is 4. The first kappa shape index (κ1) is 24.1. The quantitative estimate of drug-likeness (QED) is 0.164. The molecule has 27 heavy (non-hydrogen) atoms. The molecule has 1 aromatic carbocycles. The lowest BCUT2D eigenvalue weighted by molar-refractivity contribution is 0.204. The molecule has 154 valence electrons. The molecule has 4 N–H and O–H groups in total. The van der Waals surface area contributed by atoms with E-state index >= 15 is 0 Å². The van der Waals surface area contributed by atoms with Crippen LogP contribution in [-0.4, -0.2) is 40.7 Å². The molecule has 0 bridgehead atoms. The second kappa shape index (κ2) is 12.5. The van der Waals surface area contributed by atoms with Gasteiger partial charge >= 0.3 is 0 Å². The molecule has 2 rings (SSSR count). The van der Waals surface area contributed by atoms with Crippen molar-refractivity contribution in [1.82, 2.24) is 10.0 Å². The topological polar surface area (TPSA) is 106 Å². The summed E-state index contributed by atoms with van der Waals surface area (Å²) in [5.41, 5.74) is 6.90. The lowest BCUT2D eigenvalue weighted by atomic mass is 10.1. The smallest absolute Gasteiger partial charge is 0.240 e. The molecule has 0 aromatic heterocycles. The zero-order valence-corrected chi connectivity index (χ0v) is 19.0. The zero-order chi connectivity index (χ0) is 18.8. The number of hydrogen-bond donors (Lipinski definition) is 3. The molecule has 1 aliphatic rings. The normalized spacial score (nSPS) is 16.4. The van der Waals surface area contributed by atoms with Crippen molar-refractivity contribution in [2.75, 3.05) is 20.3 Å². The van der Waals surface area contributed by atoms with Crippen molar-refractivity contribution in [3.8, 4) is 0 Å². The molecule has 0 saturated heterocycles. The number of nitrogens with two attached hydrogens (primary N) is 1. The number of rotatable bonds is 8. The molecule has 0 heterocycles. The van der Waals surface area contributed by atoms with E-state index in [1.165, 1.54) is 32.8 Å². The molecule has 0 aliphatic heterocycles. The van der Waals surface area contributed by atoms with Crippen LogP contribution in [0.15, 0.2) is 34.2 Å². The average molecular weight is 510 g/mol. The molecule has 0 amide bonds. The Labute approximate surface area is 179 Å². The van der Waals surface area contributed by atoms with Gasteiger partial charge in [-0.15, -0.1) is 24.0 Å². The Morgan fingerprint density at radius 3 is 2.41 bits per heavy atom. The van der Waals surface area contributed by atoms with Crippen molar-refractivity contribution < 1.29 is 13.2 Å². The van der Waals surface area contributed by atoms with Crippen molar-refractivity contribution >= 4 is 40.0 Å². The van der Waals surface area contributed by atoms with Crippen molar-refractivity contribution in [3.05, 3.63) is 29.8 Å². The Morgan fingerprint density at radius 2 is 1.81 bits per heavy atom. The average Bonchev–Trinajstić information content (AvgIpc) is 2.89. The van der Waals surface area contributed by atoms with E-state index in [-0.39, 0.29) is 35.4 Å². The third kappa shape index (κ3) is 8.75. The van der Waals surface area contributed by atoms with Crippen LogP contribution in [0.4, 0.5) is 0 Å². The summed E-state index contributed by atoms with van der Waals surface area (Å²) in [7, 11) is -1.98. The van der Waals surface area contributed by atoms with Gasteiger partial charge in [0.15, 0.2) is 5.96 Å². The Morgan fingerprint density at radius 1 is 1.19 bits per heavy atom. The lowest BCUT2D eigenvalue weighted by Gasteiger charge is -2.16. The number of nitrogens with one attached hydrogen (secondary N) is 2. The third-order valence-electron chi connectivity index (χ3n) is 4.47. The number of methoxy groups -OCH3 is 1. The fourth-order valence-electron chi connectivity index (χ4n) is 2.99. The number of halogens is 1. The summed E-state index contributed by atoms with van der Waals surface area (Å²) >= 11 is 0. The van der Waals surface area contributed by atoms with Gasteiger partial charge in [-0.3, -0.25) is 0 Å². The second-order valence-electron chi connectivity index (χ2n) is 6.57. The maximum absolute atomic E-state index is 12.1. The van der Waals surface area contributed by atoms with Crippen molar-refractivity contribution in [1.29, 1.82) is 0 Å². The SMILES string of the molecule is COCCNS(=O)(=O)c1ccc(CN=C(N)NC2CCCCCC2)cc1.I. The highest BCUT2D eigenvalue weighted by atomic mass is 127. The second-order valence-corrected chi connectivity index (χ2v) is 8.34. The maximum atomic E-state index is 12.1. The zero-order valence-electron chi connectivity index (χ0n) is 15.8. The first-order valence-electron chi connectivity index (χ1n) is 9.15. The summed E-state index contributed by atoms with van der Waals surface area (Å²) < 4.78 is 31.6. The summed E-state index contributed by atoms with van der Waals surface area (Å²) in [5.74, 6) is 0.454. The molecule has 1 fully saturated rings. The van der Waals surface area contributed by atoms with Gasteiger partial charge in [0.1, 0.15) is 0 Å². The minimum Gasteiger partial charge on any atom is -0.383 e. The monoisotopic (exact) mass is 510 g/mol. The van der Waals surface area contributed by atoms with Gasteiger partial charge in [-0.25, -0.2) is 18.1 Å². The molecule has 0 unspecified atom stereocenters. The predicted octanol–water partition coefficient (Wildman–Crippen LogP) is 2.36. The van der Waals surface area contributed by atoms with Gasteiger partial charge in [0.25, 0.3) is 0 Å². The summed E-state index contributed by atoms with van der Waals surface area (Å²) in [6.45, 7) is 0.997. The minimum atomic E-state index is -3.51. The van der Waals surface area contributed by atoms with E-state index < -0.39 is 10.0 Å². The summed E-state index contributed by atoms with van der Waals surface area (Å²) in [5, 5.41) is 3.30. The molecule has 1 saturated carbocycles. The van der Waals surface area contributed by atoms with Crippen LogP contribution in [0.5, 0.6) is 0 Å². The molecule has 9 heteroatoms. The van der Waals surface area contributed by atoms with Gasteiger partial charge in [-0.2, -0.15) is 0 Å². The summed E-state index contributed by atoms with van der Waals surface area (Å²) in [6.07, 6.45) is 7.34.